The van der Waals surface area contributed by atoms with Crippen LogP contribution in [-0.2, 0) is 9.59 Å². The van der Waals surface area contributed by atoms with Crippen molar-refractivity contribution in [3.8, 4) is 11.5 Å². The second-order valence-electron chi connectivity index (χ2n) is 6.65. The van der Waals surface area contributed by atoms with Crippen molar-refractivity contribution in [2.24, 2.45) is 5.92 Å². The van der Waals surface area contributed by atoms with E-state index in [9.17, 15) is 14.4 Å². The van der Waals surface area contributed by atoms with Crippen LogP contribution >= 0.6 is 11.8 Å². The minimum absolute atomic E-state index is 0.259. The van der Waals surface area contributed by atoms with Gasteiger partial charge in [0.15, 0.2) is 11.5 Å². The van der Waals surface area contributed by atoms with Gasteiger partial charge in [-0.25, -0.2) is 0 Å². The topological polar surface area (TPSA) is 81.7 Å². The number of esters is 1. The molecule has 0 aromatic heterocycles. The number of thioether (sulfide) groups is 1. The zero-order chi connectivity index (χ0) is 19.2. The first-order valence-electron chi connectivity index (χ1n) is 9.27. The fourth-order valence-corrected chi connectivity index (χ4v) is 4.02. The Bertz CT molecular complexity index is 768. The summed E-state index contributed by atoms with van der Waals surface area (Å²) in [6, 6.07) is 5.09. The average Bonchev–Trinajstić information content (AvgIpc) is 3.25. The molecule has 3 rings (SSSR count). The van der Waals surface area contributed by atoms with Crippen molar-refractivity contribution in [3.05, 3.63) is 28.7 Å². The molecule has 0 bridgehead atoms. The van der Waals surface area contributed by atoms with E-state index in [0.29, 0.717) is 40.9 Å². The molecule has 27 heavy (non-hydrogen) atoms. The van der Waals surface area contributed by atoms with E-state index >= 15 is 0 Å². The first-order valence-corrected chi connectivity index (χ1v) is 10.1. The lowest BCUT2D eigenvalue weighted by Gasteiger charge is -2.12. The van der Waals surface area contributed by atoms with Crippen molar-refractivity contribution < 1.29 is 23.9 Å². The van der Waals surface area contributed by atoms with Gasteiger partial charge in [0.2, 0.25) is 0 Å². The van der Waals surface area contributed by atoms with Crippen LogP contribution in [0.4, 0.5) is 4.79 Å². The first kappa shape index (κ1) is 19.5. The third-order valence-electron chi connectivity index (χ3n) is 4.66. The third-order valence-corrected chi connectivity index (χ3v) is 5.47. The molecule has 2 fully saturated rings. The summed E-state index contributed by atoms with van der Waals surface area (Å²) in [5.41, 5.74) is 0.691. The number of benzene rings is 1. The molecule has 0 atom stereocenters. The first-order chi connectivity index (χ1) is 13.0. The maximum absolute atomic E-state index is 12.2. The van der Waals surface area contributed by atoms with Gasteiger partial charge in [-0.2, -0.15) is 0 Å². The fraction of sp³-hybridized carbons (Fsp3) is 0.450. The molecule has 0 spiro atoms. The molecule has 1 heterocycles. The lowest BCUT2D eigenvalue weighted by atomic mass is 10.0. The molecule has 1 aliphatic carbocycles. The van der Waals surface area contributed by atoms with Gasteiger partial charge in [-0.1, -0.05) is 31.7 Å². The second kappa shape index (κ2) is 9.08. The SMILES string of the molecule is CCOc1cc(/C=C2\SC(=O)NC2=O)ccc1OC(=O)CCC1CCCC1. The van der Waals surface area contributed by atoms with Crippen LogP contribution in [0.5, 0.6) is 11.5 Å². The Morgan fingerprint density at radius 1 is 1.26 bits per heavy atom. The number of amides is 2. The molecular weight excluding hydrogens is 366 g/mol. The van der Waals surface area contributed by atoms with Gasteiger partial charge in [-0.3, -0.25) is 19.7 Å². The van der Waals surface area contributed by atoms with Gasteiger partial charge in [-0.05, 0) is 54.8 Å². The summed E-state index contributed by atoms with van der Waals surface area (Å²) < 4.78 is 11.1. The van der Waals surface area contributed by atoms with Gasteiger partial charge in [0, 0.05) is 6.42 Å². The molecule has 2 aliphatic rings. The molecule has 1 aromatic rings. The minimum Gasteiger partial charge on any atom is -0.490 e. The Labute approximate surface area is 162 Å². The molecular formula is C20H23NO5S. The minimum atomic E-state index is -0.412. The summed E-state index contributed by atoms with van der Waals surface area (Å²) in [6.07, 6.45) is 7.80. The van der Waals surface area contributed by atoms with Gasteiger partial charge in [0.25, 0.3) is 11.1 Å². The van der Waals surface area contributed by atoms with Crippen LogP contribution in [-0.4, -0.2) is 23.7 Å². The van der Waals surface area contributed by atoms with Gasteiger partial charge >= 0.3 is 5.97 Å². The summed E-state index contributed by atoms with van der Waals surface area (Å²) in [5.74, 6) is 0.775. The molecule has 0 unspecified atom stereocenters. The van der Waals surface area contributed by atoms with E-state index in [1.807, 2.05) is 6.92 Å². The van der Waals surface area contributed by atoms with Crippen molar-refractivity contribution in [3.63, 3.8) is 0 Å². The normalized spacial score (nSPS) is 18.8. The van der Waals surface area contributed by atoms with Crippen LogP contribution in [0.2, 0.25) is 0 Å². The molecule has 1 aromatic carbocycles. The van der Waals surface area contributed by atoms with E-state index in [0.717, 1.165) is 18.2 Å². The number of imide groups is 1. The number of rotatable bonds is 7. The monoisotopic (exact) mass is 389 g/mol. The van der Waals surface area contributed by atoms with Gasteiger partial charge < -0.3 is 9.47 Å². The highest BCUT2D eigenvalue weighted by Crippen LogP contribution is 2.33. The molecule has 1 N–H and O–H groups in total. The van der Waals surface area contributed by atoms with Crippen LogP contribution in [0, 0.1) is 5.92 Å². The van der Waals surface area contributed by atoms with E-state index in [1.54, 1.807) is 24.3 Å². The van der Waals surface area contributed by atoms with Crippen LogP contribution in [0.3, 0.4) is 0 Å². The number of hydrogen-bond donors (Lipinski definition) is 1. The van der Waals surface area contributed by atoms with Gasteiger partial charge in [-0.15, -0.1) is 0 Å². The number of carbonyl (C=O) groups excluding carboxylic acids is 3. The second-order valence-corrected chi connectivity index (χ2v) is 7.67. The average molecular weight is 389 g/mol. The fourth-order valence-electron chi connectivity index (χ4n) is 3.33. The zero-order valence-corrected chi connectivity index (χ0v) is 16.1. The van der Waals surface area contributed by atoms with Gasteiger partial charge in [0.05, 0.1) is 11.5 Å². The third kappa shape index (κ3) is 5.35. The lowest BCUT2D eigenvalue weighted by molar-refractivity contribution is -0.134. The molecule has 1 saturated carbocycles. The van der Waals surface area contributed by atoms with E-state index < -0.39 is 5.91 Å². The molecule has 1 saturated heterocycles. The van der Waals surface area contributed by atoms with Gasteiger partial charge in [0.1, 0.15) is 0 Å². The Morgan fingerprint density at radius 2 is 2.04 bits per heavy atom. The number of carbonyl (C=O) groups is 3. The summed E-state index contributed by atoms with van der Waals surface area (Å²) >= 11 is 0.856. The summed E-state index contributed by atoms with van der Waals surface area (Å²) in [4.78, 5) is 35.4. The Balaban J connectivity index is 1.67. The van der Waals surface area contributed by atoms with Crippen molar-refractivity contribution in [2.75, 3.05) is 6.61 Å². The van der Waals surface area contributed by atoms with Crippen molar-refractivity contribution >= 4 is 35.0 Å². The number of nitrogens with one attached hydrogen (secondary N) is 1. The largest absolute Gasteiger partial charge is 0.490 e. The summed E-state index contributed by atoms with van der Waals surface area (Å²) in [7, 11) is 0. The van der Waals surface area contributed by atoms with Crippen molar-refractivity contribution in [1.82, 2.24) is 5.32 Å². The quantitative estimate of drug-likeness (QED) is 0.426. The van der Waals surface area contributed by atoms with Crippen LogP contribution in [0.25, 0.3) is 6.08 Å². The summed E-state index contributed by atoms with van der Waals surface area (Å²) in [6.45, 7) is 2.26. The molecule has 2 amide bonds. The molecule has 1 aliphatic heterocycles. The molecule has 144 valence electrons. The van der Waals surface area contributed by atoms with Crippen LogP contribution in [0.1, 0.15) is 51.0 Å². The Hall–Kier alpha value is -2.28. The van der Waals surface area contributed by atoms with Crippen molar-refractivity contribution in [2.45, 2.75) is 45.4 Å². The molecule has 7 heteroatoms. The number of hydrogen-bond acceptors (Lipinski definition) is 6. The lowest BCUT2D eigenvalue weighted by Crippen LogP contribution is -2.17. The highest BCUT2D eigenvalue weighted by atomic mass is 32.2. The van der Waals surface area contributed by atoms with Crippen LogP contribution < -0.4 is 14.8 Å². The van der Waals surface area contributed by atoms with E-state index in [1.165, 1.54) is 25.7 Å². The highest BCUT2D eigenvalue weighted by Gasteiger charge is 2.25. The number of ether oxygens (including phenoxy) is 2. The zero-order valence-electron chi connectivity index (χ0n) is 15.3. The summed E-state index contributed by atoms with van der Waals surface area (Å²) in [5, 5.41) is 1.83. The highest BCUT2D eigenvalue weighted by molar-refractivity contribution is 8.18. The van der Waals surface area contributed by atoms with E-state index in [4.69, 9.17) is 9.47 Å². The van der Waals surface area contributed by atoms with E-state index in [2.05, 4.69) is 5.32 Å². The predicted octanol–water partition coefficient (Wildman–Crippen LogP) is 4.29. The maximum Gasteiger partial charge on any atom is 0.311 e. The Morgan fingerprint density at radius 3 is 2.70 bits per heavy atom. The van der Waals surface area contributed by atoms with Crippen LogP contribution in [0.15, 0.2) is 23.1 Å². The van der Waals surface area contributed by atoms with Crippen molar-refractivity contribution in [1.29, 1.82) is 0 Å². The maximum atomic E-state index is 12.2. The Kier molecular flexibility index (Phi) is 6.55. The van der Waals surface area contributed by atoms with E-state index in [-0.39, 0.29) is 11.2 Å². The standard InChI is InChI=1S/C20H23NO5S/c1-2-25-16-11-14(12-17-19(23)21-20(24)27-17)7-9-15(16)26-18(22)10-8-13-5-3-4-6-13/h7,9,11-13H,2-6,8,10H2,1H3,(H,21,23,24)/b17-12-. The predicted molar refractivity (Wildman–Crippen MR) is 104 cm³/mol. The molecule has 0 radical (unpaired) electrons. The molecule has 6 nitrogen and oxygen atoms in total. The smallest absolute Gasteiger partial charge is 0.311 e.